The minimum atomic E-state index is -0.578. The van der Waals surface area contributed by atoms with Crippen LogP contribution in [0.5, 0.6) is 0 Å². The molecule has 1 amide bonds. The van der Waals surface area contributed by atoms with Crippen LogP contribution >= 0.6 is 22.6 Å². The van der Waals surface area contributed by atoms with E-state index in [4.69, 9.17) is 5.73 Å². The third-order valence-electron chi connectivity index (χ3n) is 1.14. The van der Waals surface area contributed by atoms with Crippen molar-refractivity contribution in [3.63, 3.8) is 0 Å². The Labute approximate surface area is 81.7 Å². The first-order valence-electron chi connectivity index (χ1n) is 3.10. The van der Waals surface area contributed by atoms with Crippen LogP contribution in [-0.4, -0.2) is 15.7 Å². The van der Waals surface area contributed by atoms with Crippen molar-refractivity contribution < 1.29 is 4.79 Å². The number of carbonyl (C=O) groups excluding carboxylic acids is 1. The Bertz CT molecular complexity index is 360. The minimum Gasteiger partial charge on any atom is -0.368 e. The van der Waals surface area contributed by atoms with Crippen LogP contribution in [0.25, 0.3) is 0 Å². The monoisotopic (exact) mass is 279 g/mol. The predicted molar refractivity (Wildman–Crippen MR) is 50.4 cm³/mol. The number of amides is 1. The van der Waals surface area contributed by atoms with Gasteiger partial charge < -0.3 is 5.73 Å². The Morgan fingerprint density at radius 2 is 2.42 bits per heavy atom. The van der Waals surface area contributed by atoms with Gasteiger partial charge in [-0.1, -0.05) is 0 Å². The molecule has 0 bridgehead atoms. The van der Waals surface area contributed by atoms with E-state index in [1.165, 1.54) is 12.3 Å². The van der Waals surface area contributed by atoms with Gasteiger partial charge in [0.15, 0.2) is 0 Å². The van der Waals surface area contributed by atoms with Crippen molar-refractivity contribution in [2.24, 2.45) is 5.73 Å². The maximum absolute atomic E-state index is 11.1. The predicted octanol–water partition coefficient (Wildman–Crippen LogP) is -0.667. The molecule has 0 saturated carbocycles. The summed E-state index contributed by atoms with van der Waals surface area (Å²) in [5, 5.41) is 3.71. The molecule has 1 rings (SSSR count). The van der Waals surface area contributed by atoms with Gasteiger partial charge in [0, 0.05) is 9.64 Å². The Morgan fingerprint density at radius 3 is 2.92 bits per heavy atom. The molecule has 2 N–H and O–H groups in total. The molecule has 1 aromatic rings. The molecule has 0 radical (unpaired) electrons. The zero-order valence-corrected chi connectivity index (χ0v) is 8.19. The van der Waals surface area contributed by atoms with E-state index in [2.05, 4.69) is 5.10 Å². The third-order valence-corrected chi connectivity index (χ3v) is 1.73. The molecule has 0 spiro atoms. The highest BCUT2D eigenvalue weighted by molar-refractivity contribution is 14.1. The van der Waals surface area contributed by atoms with Crippen molar-refractivity contribution in [1.29, 1.82) is 0 Å². The Morgan fingerprint density at radius 1 is 1.75 bits per heavy atom. The standard InChI is InChI=1S/C6H6IN3O2/c7-4-1-6(12)10(9-2-4)3-5(8)11/h1-2H,3H2,(H2,8,11). The molecular weight excluding hydrogens is 273 g/mol. The van der Waals surface area contributed by atoms with Crippen molar-refractivity contribution in [2.45, 2.75) is 6.54 Å². The van der Waals surface area contributed by atoms with Gasteiger partial charge in [0.25, 0.3) is 5.56 Å². The number of rotatable bonds is 2. The summed E-state index contributed by atoms with van der Waals surface area (Å²) in [4.78, 5) is 21.5. The third kappa shape index (κ3) is 2.29. The maximum atomic E-state index is 11.1. The summed E-state index contributed by atoms with van der Waals surface area (Å²) >= 11 is 1.96. The van der Waals surface area contributed by atoms with Crippen LogP contribution in [0.4, 0.5) is 0 Å². The highest BCUT2D eigenvalue weighted by Crippen LogP contribution is 1.95. The molecule has 12 heavy (non-hydrogen) atoms. The van der Waals surface area contributed by atoms with E-state index in [1.54, 1.807) is 0 Å². The van der Waals surface area contributed by atoms with E-state index >= 15 is 0 Å². The quantitative estimate of drug-likeness (QED) is 0.729. The summed E-state index contributed by atoms with van der Waals surface area (Å²) in [6.45, 7) is -0.171. The number of nitrogens with zero attached hydrogens (tertiary/aromatic N) is 2. The van der Waals surface area contributed by atoms with Gasteiger partial charge in [-0.15, -0.1) is 0 Å². The fourth-order valence-electron chi connectivity index (χ4n) is 0.678. The van der Waals surface area contributed by atoms with Gasteiger partial charge in [0.1, 0.15) is 6.54 Å². The summed E-state index contributed by atoms with van der Waals surface area (Å²) < 4.78 is 1.75. The molecule has 0 unspecified atom stereocenters. The van der Waals surface area contributed by atoms with Gasteiger partial charge >= 0.3 is 0 Å². The second-order valence-corrected chi connectivity index (χ2v) is 3.38. The molecule has 1 heterocycles. The summed E-state index contributed by atoms with van der Waals surface area (Å²) in [7, 11) is 0. The molecular formula is C6H6IN3O2. The summed E-state index contributed by atoms with van der Waals surface area (Å²) in [6.07, 6.45) is 1.49. The number of primary amides is 1. The van der Waals surface area contributed by atoms with Crippen molar-refractivity contribution in [3.05, 3.63) is 26.2 Å². The van der Waals surface area contributed by atoms with Gasteiger partial charge in [-0.05, 0) is 22.6 Å². The van der Waals surface area contributed by atoms with Crippen LogP contribution in [0.2, 0.25) is 0 Å². The fraction of sp³-hybridized carbons (Fsp3) is 0.167. The van der Waals surface area contributed by atoms with E-state index in [1.807, 2.05) is 22.6 Å². The lowest BCUT2D eigenvalue weighted by atomic mass is 10.5. The van der Waals surface area contributed by atoms with E-state index in [9.17, 15) is 9.59 Å². The summed E-state index contributed by atoms with van der Waals surface area (Å²) in [5.74, 6) is -0.578. The summed E-state index contributed by atoms with van der Waals surface area (Å²) in [6, 6.07) is 1.39. The fourth-order valence-corrected chi connectivity index (χ4v) is 1.07. The number of carbonyl (C=O) groups is 1. The molecule has 0 atom stereocenters. The van der Waals surface area contributed by atoms with Crippen LogP contribution in [0.1, 0.15) is 0 Å². The highest BCUT2D eigenvalue weighted by Gasteiger charge is 2.00. The molecule has 0 aliphatic carbocycles. The highest BCUT2D eigenvalue weighted by atomic mass is 127. The second-order valence-electron chi connectivity index (χ2n) is 2.14. The van der Waals surface area contributed by atoms with E-state index < -0.39 is 5.91 Å². The zero-order valence-electron chi connectivity index (χ0n) is 6.03. The number of aromatic nitrogens is 2. The van der Waals surface area contributed by atoms with Crippen molar-refractivity contribution >= 4 is 28.5 Å². The van der Waals surface area contributed by atoms with Crippen molar-refractivity contribution in [2.75, 3.05) is 0 Å². The molecule has 5 nitrogen and oxygen atoms in total. The Kier molecular flexibility index (Phi) is 2.79. The van der Waals surface area contributed by atoms with E-state index in [0.29, 0.717) is 0 Å². The van der Waals surface area contributed by atoms with Crippen LogP contribution < -0.4 is 11.3 Å². The van der Waals surface area contributed by atoms with Gasteiger partial charge in [0.2, 0.25) is 5.91 Å². The Balaban J connectivity index is 3.02. The van der Waals surface area contributed by atoms with Crippen molar-refractivity contribution in [1.82, 2.24) is 9.78 Å². The van der Waals surface area contributed by atoms with Crippen molar-refractivity contribution in [3.8, 4) is 0 Å². The molecule has 0 aliphatic rings. The van der Waals surface area contributed by atoms with E-state index in [-0.39, 0.29) is 12.1 Å². The molecule has 64 valence electrons. The molecule has 0 aliphatic heterocycles. The first-order chi connectivity index (χ1) is 5.59. The second kappa shape index (κ2) is 3.65. The SMILES string of the molecule is NC(=O)Cn1ncc(I)cc1=O. The largest absolute Gasteiger partial charge is 0.368 e. The lowest BCUT2D eigenvalue weighted by Crippen LogP contribution is -2.29. The normalized spacial score (nSPS) is 9.75. The lowest BCUT2D eigenvalue weighted by Gasteiger charge is -1.99. The minimum absolute atomic E-state index is 0.171. The molecule has 1 aromatic heterocycles. The molecule has 0 fully saturated rings. The number of nitrogens with two attached hydrogens (primary N) is 1. The first kappa shape index (κ1) is 9.17. The average molecular weight is 279 g/mol. The Hall–Kier alpha value is -0.920. The van der Waals surface area contributed by atoms with Crippen LogP contribution in [-0.2, 0) is 11.3 Å². The van der Waals surface area contributed by atoms with E-state index in [0.717, 1.165) is 8.25 Å². The van der Waals surface area contributed by atoms with Gasteiger partial charge in [-0.25, -0.2) is 4.68 Å². The molecule has 6 heteroatoms. The lowest BCUT2D eigenvalue weighted by molar-refractivity contribution is -0.118. The summed E-state index contributed by atoms with van der Waals surface area (Å²) in [5.41, 5.74) is 4.57. The zero-order chi connectivity index (χ0) is 9.14. The van der Waals surface area contributed by atoms with Gasteiger partial charge in [-0.2, -0.15) is 5.10 Å². The average Bonchev–Trinajstić information content (AvgIpc) is 1.94. The van der Waals surface area contributed by atoms with Crippen LogP contribution in [0, 0.1) is 3.57 Å². The topological polar surface area (TPSA) is 78.0 Å². The number of halogens is 1. The van der Waals surface area contributed by atoms with Gasteiger partial charge in [0.05, 0.1) is 6.20 Å². The van der Waals surface area contributed by atoms with Gasteiger partial charge in [-0.3, -0.25) is 9.59 Å². The maximum Gasteiger partial charge on any atom is 0.268 e. The van der Waals surface area contributed by atoms with Crippen LogP contribution in [0.3, 0.4) is 0 Å². The van der Waals surface area contributed by atoms with Crippen LogP contribution in [0.15, 0.2) is 17.1 Å². The molecule has 0 saturated heterocycles. The smallest absolute Gasteiger partial charge is 0.268 e. The molecule has 0 aromatic carbocycles. The number of hydrogen-bond donors (Lipinski definition) is 1. The number of hydrogen-bond acceptors (Lipinski definition) is 3. The first-order valence-corrected chi connectivity index (χ1v) is 4.18.